The zero-order valence-corrected chi connectivity index (χ0v) is 10.6. The lowest BCUT2D eigenvalue weighted by Crippen LogP contribution is -2.25. The summed E-state index contributed by atoms with van der Waals surface area (Å²) in [7, 11) is 0. The van der Waals surface area contributed by atoms with Gasteiger partial charge in [0, 0.05) is 12.1 Å². The first-order valence-corrected chi connectivity index (χ1v) is 6.10. The maximum absolute atomic E-state index is 13.2. The van der Waals surface area contributed by atoms with E-state index in [9.17, 15) is 9.18 Å². The van der Waals surface area contributed by atoms with Crippen LogP contribution in [-0.4, -0.2) is 12.5 Å². The topological polar surface area (TPSA) is 29.1 Å². The normalized spacial score (nSPS) is 22.9. The van der Waals surface area contributed by atoms with Gasteiger partial charge < -0.3 is 5.32 Å². The fourth-order valence-electron chi connectivity index (χ4n) is 1.65. The Hall–Kier alpha value is -0.900. The molecule has 2 rings (SSSR count). The molecule has 1 fully saturated rings. The second-order valence-corrected chi connectivity index (χ2v) is 5.17. The largest absolute Gasteiger partial charge is 0.352 e. The monoisotopic (exact) mass is 285 g/mol. The summed E-state index contributed by atoms with van der Waals surface area (Å²) in [6.45, 7) is 2.85. The summed E-state index contributed by atoms with van der Waals surface area (Å²) < 4.78 is 13.6. The van der Waals surface area contributed by atoms with Crippen molar-refractivity contribution in [2.75, 3.05) is 6.54 Å². The Labute approximate surface area is 102 Å². The number of hydrogen-bond acceptors (Lipinski definition) is 1. The molecule has 1 saturated carbocycles. The lowest BCUT2D eigenvalue weighted by Gasteiger charge is -2.04. The van der Waals surface area contributed by atoms with Gasteiger partial charge in [-0.25, -0.2) is 4.39 Å². The molecule has 1 aliphatic rings. The molecule has 0 saturated heterocycles. The fourth-order valence-corrected chi connectivity index (χ4v) is 1.89. The van der Waals surface area contributed by atoms with E-state index in [0.717, 1.165) is 0 Å². The van der Waals surface area contributed by atoms with Crippen LogP contribution >= 0.6 is 15.9 Å². The molecule has 0 radical (unpaired) electrons. The van der Waals surface area contributed by atoms with Gasteiger partial charge in [0.25, 0.3) is 5.91 Å². The van der Waals surface area contributed by atoms with Crippen molar-refractivity contribution in [3.05, 3.63) is 34.1 Å². The standard InChI is InChI=1S/C12H13BrFNO/c1-7-4-9(7)6-15-12(16)8-2-3-10(13)11(14)5-8/h2-3,5,7,9H,4,6H2,1H3,(H,15,16). The first-order chi connectivity index (χ1) is 7.58. The number of benzene rings is 1. The number of hydrogen-bond donors (Lipinski definition) is 1. The van der Waals surface area contributed by atoms with Crippen LogP contribution in [0, 0.1) is 17.7 Å². The van der Waals surface area contributed by atoms with Gasteiger partial charge in [0.15, 0.2) is 0 Å². The van der Waals surface area contributed by atoms with E-state index >= 15 is 0 Å². The number of halogens is 2. The minimum atomic E-state index is -0.410. The van der Waals surface area contributed by atoms with E-state index in [-0.39, 0.29) is 5.91 Å². The van der Waals surface area contributed by atoms with Crippen molar-refractivity contribution in [3.8, 4) is 0 Å². The number of carbonyl (C=O) groups is 1. The SMILES string of the molecule is CC1CC1CNC(=O)c1ccc(Br)c(F)c1. The highest BCUT2D eigenvalue weighted by atomic mass is 79.9. The van der Waals surface area contributed by atoms with Gasteiger partial charge >= 0.3 is 0 Å². The van der Waals surface area contributed by atoms with Gasteiger partial charge in [0.1, 0.15) is 5.82 Å². The molecule has 2 atom stereocenters. The average Bonchev–Trinajstić information content (AvgIpc) is 2.95. The maximum atomic E-state index is 13.2. The molecule has 0 aliphatic heterocycles. The van der Waals surface area contributed by atoms with Gasteiger partial charge in [0.05, 0.1) is 4.47 Å². The summed E-state index contributed by atoms with van der Waals surface area (Å²) in [5, 5.41) is 2.82. The molecule has 2 unspecified atom stereocenters. The molecule has 1 aliphatic carbocycles. The van der Waals surface area contributed by atoms with Crippen molar-refractivity contribution >= 4 is 21.8 Å². The molecule has 1 aromatic carbocycles. The minimum absolute atomic E-state index is 0.203. The van der Waals surface area contributed by atoms with Crippen LogP contribution in [-0.2, 0) is 0 Å². The maximum Gasteiger partial charge on any atom is 0.251 e. The first kappa shape index (κ1) is 11.6. The van der Waals surface area contributed by atoms with Crippen LogP contribution in [0.1, 0.15) is 23.7 Å². The average molecular weight is 286 g/mol. The zero-order valence-electron chi connectivity index (χ0n) is 8.97. The Morgan fingerprint density at radius 3 is 2.88 bits per heavy atom. The summed E-state index contributed by atoms with van der Waals surface area (Å²) in [6, 6.07) is 4.40. The Bertz CT molecular complexity index is 421. The van der Waals surface area contributed by atoms with Crippen molar-refractivity contribution in [1.29, 1.82) is 0 Å². The smallest absolute Gasteiger partial charge is 0.251 e. The van der Waals surface area contributed by atoms with E-state index in [2.05, 4.69) is 28.2 Å². The molecular weight excluding hydrogens is 273 g/mol. The summed E-state index contributed by atoms with van der Waals surface area (Å²) in [6.07, 6.45) is 1.18. The van der Waals surface area contributed by atoms with Crippen LogP contribution in [0.3, 0.4) is 0 Å². The van der Waals surface area contributed by atoms with Crippen LogP contribution < -0.4 is 5.32 Å². The van der Waals surface area contributed by atoms with Gasteiger partial charge in [-0.3, -0.25) is 4.79 Å². The molecular formula is C12H13BrFNO. The van der Waals surface area contributed by atoms with Crippen LogP contribution in [0.2, 0.25) is 0 Å². The second-order valence-electron chi connectivity index (χ2n) is 4.31. The van der Waals surface area contributed by atoms with Crippen molar-refractivity contribution in [3.63, 3.8) is 0 Å². The lowest BCUT2D eigenvalue weighted by molar-refractivity contribution is 0.0951. The molecule has 16 heavy (non-hydrogen) atoms. The highest BCUT2D eigenvalue weighted by molar-refractivity contribution is 9.10. The molecule has 0 heterocycles. The van der Waals surface area contributed by atoms with Crippen molar-refractivity contribution in [2.24, 2.45) is 11.8 Å². The zero-order chi connectivity index (χ0) is 11.7. The third-order valence-corrected chi connectivity index (χ3v) is 3.63. The Morgan fingerprint density at radius 1 is 1.62 bits per heavy atom. The third kappa shape index (κ3) is 2.61. The molecule has 0 aromatic heterocycles. The summed E-state index contributed by atoms with van der Waals surface area (Å²) in [5.74, 6) is 0.698. The van der Waals surface area contributed by atoms with Crippen LogP contribution in [0.4, 0.5) is 4.39 Å². The van der Waals surface area contributed by atoms with Gasteiger partial charge in [0.2, 0.25) is 0 Å². The van der Waals surface area contributed by atoms with E-state index < -0.39 is 5.82 Å². The predicted molar refractivity (Wildman–Crippen MR) is 63.7 cm³/mol. The van der Waals surface area contributed by atoms with E-state index in [1.165, 1.54) is 12.5 Å². The van der Waals surface area contributed by atoms with Crippen LogP contribution in [0.5, 0.6) is 0 Å². The van der Waals surface area contributed by atoms with Crippen molar-refractivity contribution in [2.45, 2.75) is 13.3 Å². The van der Waals surface area contributed by atoms with E-state index in [0.29, 0.717) is 28.4 Å². The summed E-state index contributed by atoms with van der Waals surface area (Å²) >= 11 is 3.05. The van der Waals surface area contributed by atoms with Crippen molar-refractivity contribution < 1.29 is 9.18 Å². The number of rotatable bonds is 3. The molecule has 4 heteroatoms. The second kappa shape index (κ2) is 4.53. The molecule has 1 amide bonds. The molecule has 0 spiro atoms. The van der Waals surface area contributed by atoms with Gasteiger partial charge in [-0.15, -0.1) is 0 Å². The third-order valence-electron chi connectivity index (χ3n) is 2.98. The molecule has 1 aromatic rings. The summed E-state index contributed by atoms with van der Waals surface area (Å²) in [5.41, 5.74) is 0.369. The van der Waals surface area contributed by atoms with Gasteiger partial charge in [-0.2, -0.15) is 0 Å². The Balaban J connectivity index is 1.95. The Kier molecular flexibility index (Phi) is 3.28. The first-order valence-electron chi connectivity index (χ1n) is 5.31. The predicted octanol–water partition coefficient (Wildman–Crippen LogP) is 2.97. The van der Waals surface area contributed by atoms with Gasteiger partial charge in [-0.1, -0.05) is 6.92 Å². The highest BCUT2D eigenvalue weighted by Gasteiger charge is 2.32. The fraction of sp³-hybridized carbons (Fsp3) is 0.417. The van der Waals surface area contributed by atoms with Crippen molar-refractivity contribution in [1.82, 2.24) is 5.32 Å². The number of amides is 1. The van der Waals surface area contributed by atoms with Crippen LogP contribution in [0.25, 0.3) is 0 Å². The quantitative estimate of drug-likeness (QED) is 0.909. The van der Waals surface area contributed by atoms with E-state index in [1.807, 2.05) is 0 Å². The Morgan fingerprint density at radius 2 is 2.31 bits per heavy atom. The minimum Gasteiger partial charge on any atom is -0.352 e. The molecule has 0 bridgehead atoms. The molecule has 2 nitrogen and oxygen atoms in total. The van der Waals surface area contributed by atoms with E-state index in [4.69, 9.17) is 0 Å². The highest BCUT2D eigenvalue weighted by Crippen LogP contribution is 2.36. The number of nitrogens with one attached hydrogen (secondary N) is 1. The summed E-state index contributed by atoms with van der Waals surface area (Å²) in [4.78, 5) is 11.7. The molecule has 86 valence electrons. The number of carbonyl (C=O) groups excluding carboxylic acids is 1. The van der Waals surface area contributed by atoms with Gasteiger partial charge in [-0.05, 0) is 52.4 Å². The lowest BCUT2D eigenvalue weighted by atomic mass is 10.2. The molecule has 1 N–H and O–H groups in total. The van der Waals surface area contributed by atoms with Crippen LogP contribution in [0.15, 0.2) is 22.7 Å². The van der Waals surface area contributed by atoms with E-state index in [1.54, 1.807) is 12.1 Å².